The third-order valence-electron chi connectivity index (χ3n) is 3.17. The molecule has 0 unspecified atom stereocenters. The first-order chi connectivity index (χ1) is 8.65. The van der Waals surface area contributed by atoms with Gasteiger partial charge in [0, 0.05) is 12.5 Å². The molecule has 18 heavy (non-hydrogen) atoms. The highest BCUT2D eigenvalue weighted by molar-refractivity contribution is 5.75. The van der Waals surface area contributed by atoms with Crippen molar-refractivity contribution in [1.82, 2.24) is 4.98 Å². The van der Waals surface area contributed by atoms with Crippen LogP contribution in [0.4, 0.5) is 0 Å². The Hall–Kier alpha value is -2.16. The van der Waals surface area contributed by atoms with Crippen LogP contribution in [0.2, 0.25) is 0 Å². The zero-order valence-electron chi connectivity index (χ0n) is 10.8. The summed E-state index contributed by atoms with van der Waals surface area (Å²) in [5.41, 5.74) is 5.34. The van der Waals surface area contributed by atoms with Gasteiger partial charge in [-0.25, -0.2) is 4.98 Å². The van der Waals surface area contributed by atoms with Crippen molar-refractivity contribution in [3.8, 4) is 11.3 Å². The van der Waals surface area contributed by atoms with Crippen LogP contribution in [0.15, 0.2) is 40.9 Å². The molecule has 0 aliphatic heterocycles. The molecule has 0 spiro atoms. The SMILES string of the molecule is Cc1nc2c[n+](C)c(-c3ccccc3C)cc2o1. The molecule has 90 valence electrons. The number of aryl methyl sites for hydroxylation is 3. The summed E-state index contributed by atoms with van der Waals surface area (Å²) in [5, 5.41) is 0. The van der Waals surface area contributed by atoms with E-state index >= 15 is 0 Å². The van der Waals surface area contributed by atoms with Gasteiger partial charge in [-0.3, -0.25) is 0 Å². The first-order valence-corrected chi connectivity index (χ1v) is 5.98. The lowest BCUT2D eigenvalue weighted by Crippen LogP contribution is -2.30. The number of rotatable bonds is 1. The summed E-state index contributed by atoms with van der Waals surface area (Å²) in [7, 11) is 2.03. The minimum atomic E-state index is 0.701. The van der Waals surface area contributed by atoms with E-state index in [-0.39, 0.29) is 0 Å². The molecule has 0 aliphatic carbocycles. The maximum Gasteiger partial charge on any atom is 0.216 e. The first-order valence-electron chi connectivity index (χ1n) is 5.98. The number of aromatic nitrogens is 2. The van der Waals surface area contributed by atoms with Crippen LogP contribution in [-0.2, 0) is 7.05 Å². The lowest BCUT2D eigenvalue weighted by molar-refractivity contribution is -0.659. The monoisotopic (exact) mass is 239 g/mol. The van der Waals surface area contributed by atoms with Crippen LogP contribution in [-0.4, -0.2) is 4.98 Å². The molecule has 3 aromatic rings. The van der Waals surface area contributed by atoms with Crippen LogP contribution in [0.1, 0.15) is 11.5 Å². The number of oxazole rings is 1. The maximum absolute atomic E-state index is 5.60. The van der Waals surface area contributed by atoms with E-state index in [0.29, 0.717) is 5.89 Å². The van der Waals surface area contributed by atoms with Crippen molar-refractivity contribution in [3.05, 3.63) is 48.0 Å². The predicted octanol–water partition coefficient (Wildman–Crippen LogP) is 2.94. The van der Waals surface area contributed by atoms with E-state index in [1.165, 1.54) is 11.1 Å². The molecule has 0 bridgehead atoms. The molecule has 3 heteroatoms. The second kappa shape index (κ2) is 3.95. The average molecular weight is 239 g/mol. The van der Waals surface area contributed by atoms with Crippen molar-refractivity contribution in [3.63, 3.8) is 0 Å². The Balaban J connectivity index is 2.29. The number of pyridine rings is 1. The molecule has 3 rings (SSSR count). The zero-order chi connectivity index (χ0) is 12.7. The molecule has 2 aromatic heterocycles. The quantitative estimate of drug-likeness (QED) is 0.611. The van der Waals surface area contributed by atoms with E-state index in [4.69, 9.17) is 4.42 Å². The minimum Gasteiger partial charge on any atom is -0.440 e. The molecular formula is C15H15N2O+. The van der Waals surface area contributed by atoms with Gasteiger partial charge >= 0.3 is 0 Å². The van der Waals surface area contributed by atoms with Crippen LogP contribution in [0.3, 0.4) is 0 Å². The van der Waals surface area contributed by atoms with E-state index in [1.54, 1.807) is 0 Å². The van der Waals surface area contributed by atoms with Gasteiger partial charge in [0.2, 0.25) is 5.69 Å². The second-order valence-electron chi connectivity index (χ2n) is 4.57. The van der Waals surface area contributed by atoms with Gasteiger partial charge in [0.05, 0.1) is 6.07 Å². The molecule has 0 N–H and O–H groups in total. The fourth-order valence-electron chi connectivity index (χ4n) is 2.26. The van der Waals surface area contributed by atoms with Crippen molar-refractivity contribution in [1.29, 1.82) is 0 Å². The van der Waals surface area contributed by atoms with Crippen LogP contribution >= 0.6 is 0 Å². The van der Waals surface area contributed by atoms with E-state index < -0.39 is 0 Å². The third kappa shape index (κ3) is 1.68. The van der Waals surface area contributed by atoms with Crippen molar-refractivity contribution >= 4 is 11.1 Å². The summed E-state index contributed by atoms with van der Waals surface area (Å²) in [6.45, 7) is 3.98. The Labute approximate surface area is 106 Å². The molecule has 2 heterocycles. The standard InChI is InChI=1S/C15H15N2O/c1-10-6-4-5-7-12(10)14-8-15-13(9-17(14)3)16-11(2)18-15/h4-9H,1-3H3/q+1. The summed E-state index contributed by atoms with van der Waals surface area (Å²) in [6, 6.07) is 10.4. The molecule has 0 radical (unpaired) electrons. The number of hydrogen-bond donors (Lipinski definition) is 0. The smallest absolute Gasteiger partial charge is 0.216 e. The summed E-state index contributed by atoms with van der Waals surface area (Å²) in [5.74, 6) is 0.701. The Kier molecular flexibility index (Phi) is 2.40. The lowest BCUT2D eigenvalue weighted by Gasteiger charge is -2.03. The molecule has 0 saturated heterocycles. The van der Waals surface area contributed by atoms with Crippen molar-refractivity contribution < 1.29 is 8.98 Å². The summed E-state index contributed by atoms with van der Waals surface area (Å²) in [4.78, 5) is 4.34. The normalized spacial score (nSPS) is 11.1. The third-order valence-corrected chi connectivity index (χ3v) is 3.17. The Morgan fingerprint density at radius 1 is 1.17 bits per heavy atom. The molecule has 0 saturated carbocycles. The second-order valence-corrected chi connectivity index (χ2v) is 4.57. The van der Waals surface area contributed by atoms with Gasteiger partial charge in [0.15, 0.2) is 23.2 Å². The number of hydrogen-bond acceptors (Lipinski definition) is 2. The zero-order valence-corrected chi connectivity index (χ0v) is 10.8. The molecule has 0 aliphatic rings. The van der Waals surface area contributed by atoms with Gasteiger partial charge in [0.25, 0.3) is 0 Å². The van der Waals surface area contributed by atoms with Gasteiger partial charge in [-0.05, 0) is 18.6 Å². The summed E-state index contributed by atoms with van der Waals surface area (Å²) >= 11 is 0. The lowest BCUT2D eigenvalue weighted by atomic mass is 10.0. The van der Waals surface area contributed by atoms with Crippen molar-refractivity contribution in [2.24, 2.45) is 7.05 Å². The molecule has 0 amide bonds. The van der Waals surface area contributed by atoms with Crippen molar-refractivity contribution in [2.45, 2.75) is 13.8 Å². The van der Waals surface area contributed by atoms with Gasteiger partial charge in [0.1, 0.15) is 7.05 Å². The topological polar surface area (TPSA) is 29.9 Å². The highest BCUT2D eigenvalue weighted by atomic mass is 16.3. The van der Waals surface area contributed by atoms with E-state index in [2.05, 4.69) is 46.8 Å². The van der Waals surface area contributed by atoms with E-state index in [0.717, 1.165) is 16.8 Å². The molecule has 0 fully saturated rings. The maximum atomic E-state index is 5.60. The largest absolute Gasteiger partial charge is 0.440 e. The Morgan fingerprint density at radius 2 is 1.94 bits per heavy atom. The van der Waals surface area contributed by atoms with Crippen LogP contribution < -0.4 is 4.57 Å². The minimum absolute atomic E-state index is 0.701. The predicted molar refractivity (Wildman–Crippen MR) is 70.1 cm³/mol. The van der Waals surface area contributed by atoms with E-state index in [1.807, 2.05) is 20.2 Å². The van der Waals surface area contributed by atoms with Crippen molar-refractivity contribution in [2.75, 3.05) is 0 Å². The molecular weight excluding hydrogens is 224 g/mol. The van der Waals surface area contributed by atoms with Gasteiger partial charge in [-0.15, -0.1) is 0 Å². The highest BCUT2D eigenvalue weighted by Gasteiger charge is 2.16. The molecule has 1 aromatic carbocycles. The van der Waals surface area contributed by atoms with Crippen LogP contribution in [0.5, 0.6) is 0 Å². The number of nitrogens with zero attached hydrogens (tertiary/aromatic N) is 2. The van der Waals surface area contributed by atoms with Gasteiger partial charge in [-0.1, -0.05) is 18.2 Å². The fourth-order valence-corrected chi connectivity index (χ4v) is 2.26. The van der Waals surface area contributed by atoms with Crippen LogP contribution in [0, 0.1) is 13.8 Å². The van der Waals surface area contributed by atoms with Crippen LogP contribution in [0.25, 0.3) is 22.4 Å². The summed E-state index contributed by atoms with van der Waals surface area (Å²) in [6.07, 6.45) is 2.01. The average Bonchev–Trinajstić information content (AvgIpc) is 2.68. The van der Waals surface area contributed by atoms with E-state index in [9.17, 15) is 0 Å². The highest BCUT2D eigenvalue weighted by Crippen LogP contribution is 2.23. The number of fused-ring (bicyclic) bond motifs is 1. The number of benzene rings is 1. The van der Waals surface area contributed by atoms with Gasteiger partial charge < -0.3 is 4.42 Å². The first kappa shape index (κ1) is 11.0. The summed E-state index contributed by atoms with van der Waals surface area (Å²) < 4.78 is 7.69. The molecule has 0 atom stereocenters. The Morgan fingerprint density at radius 3 is 2.72 bits per heavy atom. The van der Waals surface area contributed by atoms with Gasteiger partial charge in [-0.2, -0.15) is 4.57 Å². The Bertz CT molecular complexity index is 728. The molecule has 3 nitrogen and oxygen atoms in total. The fraction of sp³-hybridized carbons (Fsp3) is 0.200.